The number of hydrogen-bond donors (Lipinski definition) is 3. The Balaban J connectivity index is 2.99. The molecule has 1 aromatic rings. The number of aromatic nitrogens is 1. The molecule has 0 aromatic carbocycles. The van der Waals surface area contributed by atoms with Crippen molar-refractivity contribution < 1.29 is 5.11 Å². The maximum atomic E-state index is 9.02. The van der Waals surface area contributed by atoms with Crippen molar-refractivity contribution in [1.82, 2.24) is 4.98 Å². The van der Waals surface area contributed by atoms with Crippen molar-refractivity contribution in [2.75, 3.05) is 11.1 Å². The van der Waals surface area contributed by atoms with E-state index in [1.165, 1.54) is 0 Å². The second-order valence-corrected chi connectivity index (χ2v) is 3.73. The summed E-state index contributed by atoms with van der Waals surface area (Å²) in [7, 11) is 0. The molecule has 0 aliphatic carbocycles. The van der Waals surface area contributed by atoms with E-state index in [0.29, 0.717) is 16.0 Å². The fourth-order valence-electron chi connectivity index (χ4n) is 0.783. The molecule has 0 aliphatic rings. The van der Waals surface area contributed by atoms with Crippen LogP contribution in [0.2, 0.25) is 5.15 Å². The first-order valence-electron chi connectivity index (χ1n) is 3.57. The second-order valence-electron chi connectivity index (χ2n) is 2.51. The normalized spacial score (nSPS) is 12.6. The van der Waals surface area contributed by atoms with Gasteiger partial charge in [0.1, 0.15) is 12.0 Å². The van der Waals surface area contributed by atoms with Crippen molar-refractivity contribution >= 4 is 39.0 Å². The highest BCUT2D eigenvalue weighted by molar-refractivity contribution is 9.10. The Morgan fingerprint density at radius 2 is 2.38 bits per heavy atom. The monoisotopic (exact) mass is 265 g/mol. The zero-order valence-corrected chi connectivity index (χ0v) is 9.22. The van der Waals surface area contributed by atoms with Crippen molar-refractivity contribution in [3.8, 4) is 0 Å². The van der Waals surface area contributed by atoms with Crippen molar-refractivity contribution in [3.63, 3.8) is 0 Å². The number of aliphatic hydroxyl groups is 1. The smallest absolute Gasteiger partial charge is 0.155 e. The van der Waals surface area contributed by atoms with E-state index in [9.17, 15) is 0 Å². The van der Waals surface area contributed by atoms with Crippen LogP contribution in [0.15, 0.2) is 10.5 Å². The molecule has 0 radical (unpaired) electrons. The molecule has 4 N–H and O–H groups in total. The predicted octanol–water partition coefficient (Wildman–Crippen LogP) is 1.83. The molecule has 0 fully saturated rings. The SMILES string of the molecule is CC(O)Nc1cc(Br)c(N)c(Cl)n1. The van der Waals surface area contributed by atoms with E-state index in [2.05, 4.69) is 26.2 Å². The number of hydrogen-bond acceptors (Lipinski definition) is 4. The zero-order valence-electron chi connectivity index (χ0n) is 6.88. The van der Waals surface area contributed by atoms with Gasteiger partial charge >= 0.3 is 0 Å². The lowest BCUT2D eigenvalue weighted by molar-refractivity contribution is 0.224. The lowest BCUT2D eigenvalue weighted by Crippen LogP contribution is -2.14. The van der Waals surface area contributed by atoms with Crippen molar-refractivity contribution in [1.29, 1.82) is 0 Å². The quantitative estimate of drug-likeness (QED) is 0.564. The van der Waals surface area contributed by atoms with Crippen LogP contribution in [0.1, 0.15) is 6.92 Å². The molecule has 13 heavy (non-hydrogen) atoms. The van der Waals surface area contributed by atoms with E-state index < -0.39 is 6.23 Å². The van der Waals surface area contributed by atoms with E-state index in [0.717, 1.165) is 0 Å². The predicted molar refractivity (Wildman–Crippen MR) is 56.7 cm³/mol. The van der Waals surface area contributed by atoms with Gasteiger partial charge in [0, 0.05) is 4.47 Å². The van der Waals surface area contributed by atoms with Gasteiger partial charge in [-0.25, -0.2) is 4.98 Å². The summed E-state index contributed by atoms with van der Waals surface area (Å²) in [4.78, 5) is 3.91. The van der Waals surface area contributed by atoms with Gasteiger partial charge in [0.2, 0.25) is 0 Å². The minimum atomic E-state index is -0.681. The molecule has 0 bridgehead atoms. The fraction of sp³-hybridized carbons (Fsp3) is 0.286. The number of nitrogens with zero attached hydrogens (tertiary/aromatic N) is 1. The number of halogens is 2. The molecule has 1 atom stereocenters. The Bertz CT molecular complexity index is 296. The molecule has 0 amide bonds. The van der Waals surface area contributed by atoms with E-state index >= 15 is 0 Å². The number of anilines is 2. The first kappa shape index (κ1) is 10.6. The van der Waals surface area contributed by atoms with Crippen LogP contribution >= 0.6 is 27.5 Å². The van der Waals surface area contributed by atoms with Gasteiger partial charge < -0.3 is 16.2 Å². The van der Waals surface area contributed by atoms with Crippen LogP contribution in [0.25, 0.3) is 0 Å². The van der Waals surface area contributed by atoms with Crippen LogP contribution in [-0.4, -0.2) is 16.3 Å². The standard InChI is InChI=1S/C7H9BrClN3O/c1-3(13)11-5-2-4(8)6(10)7(9)12-5/h2-3,13H,10H2,1H3,(H,11,12). The summed E-state index contributed by atoms with van der Waals surface area (Å²) in [5, 5.41) is 11.9. The number of nitrogens with one attached hydrogen (secondary N) is 1. The number of aliphatic hydroxyl groups excluding tert-OH is 1. The van der Waals surface area contributed by atoms with Gasteiger partial charge in [0.05, 0.1) is 5.69 Å². The highest BCUT2D eigenvalue weighted by Gasteiger charge is 2.06. The average molecular weight is 267 g/mol. The van der Waals surface area contributed by atoms with Crippen LogP contribution in [0.4, 0.5) is 11.5 Å². The van der Waals surface area contributed by atoms with Gasteiger partial charge in [-0.15, -0.1) is 0 Å². The molecule has 0 spiro atoms. The van der Waals surface area contributed by atoms with Gasteiger partial charge in [0.15, 0.2) is 5.15 Å². The van der Waals surface area contributed by atoms with Crippen LogP contribution < -0.4 is 11.1 Å². The summed E-state index contributed by atoms with van der Waals surface area (Å²) >= 11 is 8.93. The third-order valence-electron chi connectivity index (χ3n) is 1.32. The minimum Gasteiger partial charge on any atom is -0.395 e. The average Bonchev–Trinajstić information content (AvgIpc) is 1.98. The van der Waals surface area contributed by atoms with Crippen LogP contribution in [-0.2, 0) is 0 Å². The molecule has 1 heterocycles. The molecule has 6 heteroatoms. The van der Waals surface area contributed by atoms with E-state index in [1.807, 2.05) is 0 Å². The first-order chi connectivity index (χ1) is 6.00. The molecule has 72 valence electrons. The van der Waals surface area contributed by atoms with Gasteiger partial charge in [-0.3, -0.25) is 0 Å². The van der Waals surface area contributed by atoms with E-state index in [4.69, 9.17) is 22.4 Å². The van der Waals surface area contributed by atoms with Gasteiger partial charge in [-0.05, 0) is 28.9 Å². The third-order valence-corrected chi connectivity index (χ3v) is 2.26. The highest BCUT2D eigenvalue weighted by atomic mass is 79.9. The van der Waals surface area contributed by atoms with Crippen molar-refractivity contribution in [2.45, 2.75) is 13.2 Å². The third kappa shape index (κ3) is 2.72. The zero-order chi connectivity index (χ0) is 10.0. The van der Waals surface area contributed by atoms with E-state index in [1.54, 1.807) is 13.0 Å². The number of nitrogen functional groups attached to an aromatic ring is 1. The summed E-state index contributed by atoms with van der Waals surface area (Å²) in [6.45, 7) is 1.58. The van der Waals surface area contributed by atoms with Crippen LogP contribution in [0.3, 0.4) is 0 Å². The molecule has 4 nitrogen and oxygen atoms in total. The molecule has 0 saturated heterocycles. The molecular weight excluding hydrogens is 257 g/mol. The number of nitrogens with two attached hydrogens (primary N) is 1. The maximum absolute atomic E-state index is 9.02. The lowest BCUT2D eigenvalue weighted by atomic mass is 10.4. The minimum absolute atomic E-state index is 0.206. The van der Waals surface area contributed by atoms with Gasteiger partial charge in [-0.1, -0.05) is 11.6 Å². The first-order valence-corrected chi connectivity index (χ1v) is 4.74. The molecule has 0 aliphatic heterocycles. The summed E-state index contributed by atoms with van der Waals surface area (Å²) in [6, 6.07) is 1.65. The van der Waals surface area contributed by atoms with Gasteiger partial charge in [-0.2, -0.15) is 0 Å². The van der Waals surface area contributed by atoms with Crippen LogP contribution in [0.5, 0.6) is 0 Å². The second kappa shape index (κ2) is 4.13. The summed E-state index contributed by atoms with van der Waals surface area (Å²) in [6.07, 6.45) is -0.681. The Hall–Kier alpha value is -0.520. The maximum Gasteiger partial charge on any atom is 0.155 e. The van der Waals surface area contributed by atoms with E-state index in [-0.39, 0.29) is 5.15 Å². The molecule has 1 rings (SSSR count). The number of pyridine rings is 1. The fourth-order valence-corrected chi connectivity index (χ4v) is 1.49. The number of rotatable bonds is 2. The molecular formula is C7H9BrClN3O. The van der Waals surface area contributed by atoms with Crippen LogP contribution in [0, 0.1) is 0 Å². The lowest BCUT2D eigenvalue weighted by Gasteiger charge is -2.09. The summed E-state index contributed by atoms with van der Waals surface area (Å²) in [5.74, 6) is 0.473. The summed E-state index contributed by atoms with van der Waals surface area (Å²) in [5.41, 5.74) is 5.94. The Morgan fingerprint density at radius 3 is 2.85 bits per heavy atom. The Kier molecular flexibility index (Phi) is 3.35. The van der Waals surface area contributed by atoms with Gasteiger partial charge in [0.25, 0.3) is 0 Å². The molecule has 1 aromatic heterocycles. The molecule has 0 saturated carbocycles. The summed E-state index contributed by atoms with van der Waals surface area (Å²) < 4.78 is 0.649. The Morgan fingerprint density at radius 1 is 1.77 bits per heavy atom. The highest BCUT2D eigenvalue weighted by Crippen LogP contribution is 2.28. The topological polar surface area (TPSA) is 71.2 Å². The Labute approximate surface area is 89.2 Å². The largest absolute Gasteiger partial charge is 0.395 e. The van der Waals surface area contributed by atoms with Crippen molar-refractivity contribution in [2.24, 2.45) is 0 Å². The van der Waals surface area contributed by atoms with Crippen molar-refractivity contribution in [3.05, 3.63) is 15.7 Å². The molecule has 1 unspecified atom stereocenters.